The molecule has 0 saturated heterocycles. The minimum absolute atomic E-state index is 0.400. The van der Waals surface area contributed by atoms with E-state index in [0.717, 1.165) is 0 Å². The van der Waals surface area contributed by atoms with Crippen molar-refractivity contribution in [2.75, 3.05) is 0 Å². The SMILES string of the molecule is C[C@@H]1[C@H](N)[C@H]1c1ccccc1. The zero-order valence-corrected chi connectivity index (χ0v) is 6.70. The number of nitrogens with two attached hydrogens (primary N) is 1. The molecule has 3 atom stereocenters. The standard InChI is InChI=1S/C10H13N/c1-7-9(10(7)11)8-5-3-2-4-6-8/h2-7,9-10H,11H2,1H3/t7-,9+,10-/m0/s1. The maximum absolute atomic E-state index is 5.84. The summed E-state index contributed by atoms with van der Waals surface area (Å²) in [5.41, 5.74) is 7.24. The van der Waals surface area contributed by atoms with Crippen LogP contribution in [0.4, 0.5) is 0 Å². The average molecular weight is 147 g/mol. The van der Waals surface area contributed by atoms with Gasteiger partial charge in [-0.25, -0.2) is 0 Å². The molecule has 58 valence electrons. The highest BCUT2D eigenvalue weighted by atomic mass is 14.8. The molecule has 2 N–H and O–H groups in total. The number of benzene rings is 1. The first-order chi connectivity index (χ1) is 5.30. The van der Waals surface area contributed by atoms with Crippen LogP contribution in [0.2, 0.25) is 0 Å². The minimum Gasteiger partial charge on any atom is -0.327 e. The molecular formula is C10H13N. The van der Waals surface area contributed by atoms with Crippen molar-refractivity contribution < 1.29 is 0 Å². The van der Waals surface area contributed by atoms with Crippen molar-refractivity contribution in [2.24, 2.45) is 11.7 Å². The molecule has 0 unspecified atom stereocenters. The summed E-state index contributed by atoms with van der Waals surface area (Å²) in [5, 5.41) is 0. The van der Waals surface area contributed by atoms with Crippen LogP contribution in [0, 0.1) is 5.92 Å². The van der Waals surface area contributed by atoms with Gasteiger partial charge in [0, 0.05) is 12.0 Å². The van der Waals surface area contributed by atoms with Gasteiger partial charge in [-0.2, -0.15) is 0 Å². The van der Waals surface area contributed by atoms with Crippen LogP contribution in [-0.4, -0.2) is 6.04 Å². The first-order valence-corrected chi connectivity index (χ1v) is 4.11. The summed E-state index contributed by atoms with van der Waals surface area (Å²) >= 11 is 0. The molecule has 0 bridgehead atoms. The Hall–Kier alpha value is -0.820. The molecule has 0 radical (unpaired) electrons. The molecule has 0 spiro atoms. The van der Waals surface area contributed by atoms with E-state index in [1.165, 1.54) is 5.56 Å². The summed E-state index contributed by atoms with van der Waals surface area (Å²) in [6, 6.07) is 10.9. The van der Waals surface area contributed by atoms with Crippen molar-refractivity contribution in [3.05, 3.63) is 35.9 Å². The van der Waals surface area contributed by atoms with Crippen LogP contribution in [0.1, 0.15) is 18.4 Å². The molecule has 0 heterocycles. The third kappa shape index (κ3) is 1.05. The van der Waals surface area contributed by atoms with E-state index in [2.05, 4.69) is 31.2 Å². The Morgan fingerprint density at radius 1 is 1.18 bits per heavy atom. The normalized spacial score (nSPS) is 35.3. The third-order valence-electron chi connectivity index (χ3n) is 2.63. The van der Waals surface area contributed by atoms with Gasteiger partial charge >= 0.3 is 0 Å². The largest absolute Gasteiger partial charge is 0.327 e. The molecular weight excluding hydrogens is 134 g/mol. The predicted molar refractivity (Wildman–Crippen MR) is 46.3 cm³/mol. The average Bonchev–Trinajstić information content (AvgIpc) is 2.62. The van der Waals surface area contributed by atoms with Gasteiger partial charge in [-0.15, -0.1) is 0 Å². The van der Waals surface area contributed by atoms with Crippen LogP contribution < -0.4 is 5.73 Å². The predicted octanol–water partition coefficient (Wildman–Crippen LogP) is 1.75. The highest BCUT2D eigenvalue weighted by Gasteiger charge is 2.44. The molecule has 1 fully saturated rings. The van der Waals surface area contributed by atoms with Crippen molar-refractivity contribution in [1.82, 2.24) is 0 Å². The molecule has 11 heavy (non-hydrogen) atoms. The van der Waals surface area contributed by atoms with Crippen LogP contribution >= 0.6 is 0 Å². The van der Waals surface area contributed by atoms with Crippen molar-refractivity contribution in [3.8, 4) is 0 Å². The van der Waals surface area contributed by atoms with Crippen molar-refractivity contribution >= 4 is 0 Å². The molecule has 1 heteroatoms. The van der Waals surface area contributed by atoms with Crippen LogP contribution in [-0.2, 0) is 0 Å². The van der Waals surface area contributed by atoms with Gasteiger partial charge in [0.2, 0.25) is 0 Å². The van der Waals surface area contributed by atoms with E-state index in [1.54, 1.807) is 0 Å². The third-order valence-corrected chi connectivity index (χ3v) is 2.63. The molecule has 0 aliphatic heterocycles. The Bertz CT molecular complexity index is 234. The van der Waals surface area contributed by atoms with Gasteiger partial charge in [-0.1, -0.05) is 37.3 Å². The summed E-state index contributed by atoms with van der Waals surface area (Å²) in [5.74, 6) is 1.30. The first kappa shape index (κ1) is 6.86. The van der Waals surface area contributed by atoms with E-state index < -0.39 is 0 Å². The van der Waals surface area contributed by atoms with E-state index in [0.29, 0.717) is 17.9 Å². The summed E-state index contributed by atoms with van der Waals surface area (Å²) in [4.78, 5) is 0. The van der Waals surface area contributed by atoms with Crippen LogP contribution in [0.5, 0.6) is 0 Å². The maximum atomic E-state index is 5.84. The van der Waals surface area contributed by atoms with E-state index in [1.807, 2.05) is 6.07 Å². The summed E-state index contributed by atoms with van der Waals surface area (Å²) in [6.07, 6.45) is 0. The summed E-state index contributed by atoms with van der Waals surface area (Å²) < 4.78 is 0. The topological polar surface area (TPSA) is 26.0 Å². The highest BCUT2D eigenvalue weighted by Crippen LogP contribution is 2.45. The Balaban J connectivity index is 2.20. The van der Waals surface area contributed by atoms with Crippen LogP contribution in [0.3, 0.4) is 0 Å². The van der Waals surface area contributed by atoms with Crippen LogP contribution in [0.15, 0.2) is 30.3 Å². The molecule has 1 saturated carbocycles. The lowest BCUT2D eigenvalue weighted by molar-refractivity contribution is 0.885. The molecule has 0 amide bonds. The fourth-order valence-electron chi connectivity index (χ4n) is 1.69. The molecule has 1 aliphatic rings. The van der Waals surface area contributed by atoms with Gasteiger partial charge in [-0.3, -0.25) is 0 Å². The second-order valence-electron chi connectivity index (χ2n) is 3.37. The Morgan fingerprint density at radius 3 is 2.18 bits per heavy atom. The quantitative estimate of drug-likeness (QED) is 0.643. The molecule has 1 aromatic rings. The lowest BCUT2D eigenvalue weighted by Gasteiger charge is -1.95. The molecule has 2 rings (SSSR count). The molecule has 1 aliphatic carbocycles. The lowest BCUT2D eigenvalue weighted by Crippen LogP contribution is -2.02. The summed E-state index contributed by atoms with van der Waals surface area (Å²) in [6.45, 7) is 2.21. The Morgan fingerprint density at radius 2 is 1.73 bits per heavy atom. The molecule has 1 aromatic carbocycles. The Labute approximate surface area is 67.2 Å². The van der Waals surface area contributed by atoms with Crippen molar-refractivity contribution in [1.29, 1.82) is 0 Å². The second kappa shape index (κ2) is 2.35. The maximum Gasteiger partial charge on any atom is 0.0143 e. The fraction of sp³-hybridized carbons (Fsp3) is 0.400. The monoisotopic (exact) mass is 147 g/mol. The van der Waals surface area contributed by atoms with Gasteiger partial charge in [0.1, 0.15) is 0 Å². The second-order valence-corrected chi connectivity index (χ2v) is 3.37. The zero-order chi connectivity index (χ0) is 7.84. The van der Waals surface area contributed by atoms with Gasteiger partial charge in [-0.05, 0) is 11.5 Å². The van der Waals surface area contributed by atoms with Gasteiger partial charge in [0.25, 0.3) is 0 Å². The molecule has 0 aromatic heterocycles. The van der Waals surface area contributed by atoms with Crippen molar-refractivity contribution in [2.45, 2.75) is 18.9 Å². The van der Waals surface area contributed by atoms with E-state index in [4.69, 9.17) is 5.73 Å². The van der Waals surface area contributed by atoms with E-state index in [-0.39, 0.29) is 0 Å². The highest BCUT2D eigenvalue weighted by molar-refractivity contribution is 5.29. The lowest BCUT2D eigenvalue weighted by atomic mass is 10.1. The number of hydrogen-bond donors (Lipinski definition) is 1. The smallest absolute Gasteiger partial charge is 0.0143 e. The number of rotatable bonds is 1. The van der Waals surface area contributed by atoms with Gasteiger partial charge in [0.05, 0.1) is 0 Å². The van der Waals surface area contributed by atoms with Gasteiger partial charge < -0.3 is 5.73 Å². The summed E-state index contributed by atoms with van der Waals surface area (Å²) in [7, 11) is 0. The fourth-order valence-corrected chi connectivity index (χ4v) is 1.69. The van der Waals surface area contributed by atoms with Crippen molar-refractivity contribution in [3.63, 3.8) is 0 Å². The van der Waals surface area contributed by atoms with E-state index >= 15 is 0 Å². The number of hydrogen-bond acceptors (Lipinski definition) is 1. The molecule has 1 nitrogen and oxygen atoms in total. The van der Waals surface area contributed by atoms with E-state index in [9.17, 15) is 0 Å². The van der Waals surface area contributed by atoms with Gasteiger partial charge in [0.15, 0.2) is 0 Å². The Kier molecular flexibility index (Phi) is 1.46. The zero-order valence-electron chi connectivity index (χ0n) is 6.70. The first-order valence-electron chi connectivity index (χ1n) is 4.11. The minimum atomic E-state index is 0.400. The van der Waals surface area contributed by atoms with Crippen LogP contribution in [0.25, 0.3) is 0 Å².